The third kappa shape index (κ3) is 12.7. The minimum atomic E-state index is -0.377. The molecule has 0 rings (SSSR count). The van der Waals surface area contributed by atoms with E-state index in [4.69, 9.17) is 4.74 Å². The van der Waals surface area contributed by atoms with Gasteiger partial charge in [-0.05, 0) is 5.41 Å². The van der Waals surface area contributed by atoms with Crippen LogP contribution in [-0.2, 0) is 9.53 Å². The molecule has 0 saturated heterocycles. The average molecular weight is 318 g/mol. The Labute approximate surface area is 133 Å². The number of carbonyl (C=O) groups is 2. The Balaban J connectivity index is 3.49. The molecule has 0 aliphatic heterocycles. The van der Waals surface area contributed by atoms with Gasteiger partial charge in [0.1, 0.15) is 0 Å². The van der Waals surface area contributed by atoms with Crippen LogP contribution in [0, 0.1) is 10.8 Å². The summed E-state index contributed by atoms with van der Waals surface area (Å²) in [6, 6.07) is 0. The standard InChI is InChI=1S/C15H30N2O3S/c1-14(2,3)11-21-13(19)17-8-10-20-9-7-16-12(18)15(4,5)6/h7-11H2,1-6H3,(H,16,18)(H,17,19). The molecule has 0 spiro atoms. The van der Waals surface area contributed by atoms with Gasteiger partial charge in [0.05, 0.1) is 13.2 Å². The molecule has 0 radical (unpaired) electrons. The lowest BCUT2D eigenvalue weighted by molar-refractivity contribution is -0.128. The first kappa shape index (κ1) is 20.2. The van der Waals surface area contributed by atoms with Crippen molar-refractivity contribution >= 4 is 22.9 Å². The van der Waals surface area contributed by atoms with Gasteiger partial charge in [-0.1, -0.05) is 53.3 Å². The molecule has 5 nitrogen and oxygen atoms in total. The smallest absolute Gasteiger partial charge is 0.279 e. The molecule has 0 unspecified atom stereocenters. The van der Waals surface area contributed by atoms with E-state index in [1.54, 1.807) is 0 Å². The molecule has 0 atom stereocenters. The molecular formula is C15H30N2O3S. The van der Waals surface area contributed by atoms with Crippen LogP contribution in [0.25, 0.3) is 0 Å². The average Bonchev–Trinajstić information content (AvgIpc) is 2.32. The minimum Gasteiger partial charge on any atom is -0.378 e. The second-order valence-electron chi connectivity index (χ2n) is 7.18. The summed E-state index contributed by atoms with van der Waals surface area (Å²) in [5.41, 5.74) is -0.234. The Kier molecular flexibility index (Phi) is 8.97. The van der Waals surface area contributed by atoms with Crippen LogP contribution in [0.5, 0.6) is 0 Å². The van der Waals surface area contributed by atoms with Crippen LogP contribution in [0.15, 0.2) is 0 Å². The van der Waals surface area contributed by atoms with Crippen molar-refractivity contribution in [1.29, 1.82) is 0 Å². The fourth-order valence-electron chi connectivity index (χ4n) is 1.16. The topological polar surface area (TPSA) is 67.4 Å². The van der Waals surface area contributed by atoms with Crippen molar-refractivity contribution in [3.05, 3.63) is 0 Å². The van der Waals surface area contributed by atoms with Gasteiger partial charge in [-0.2, -0.15) is 0 Å². The predicted octanol–water partition coefficient (Wildman–Crippen LogP) is 2.65. The zero-order chi connectivity index (χ0) is 16.5. The van der Waals surface area contributed by atoms with E-state index >= 15 is 0 Å². The first-order valence-electron chi connectivity index (χ1n) is 7.29. The molecule has 0 bridgehead atoms. The van der Waals surface area contributed by atoms with Crippen molar-refractivity contribution < 1.29 is 14.3 Å². The first-order valence-corrected chi connectivity index (χ1v) is 8.27. The van der Waals surface area contributed by atoms with Crippen molar-refractivity contribution in [3.8, 4) is 0 Å². The third-order valence-electron chi connectivity index (χ3n) is 2.37. The number of amides is 2. The molecule has 0 fully saturated rings. The highest BCUT2D eigenvalue weighted by atomic mass is 32.2. The van der Waals surface area contributed by atoms with Gasteiger partial charge in [0.15, 0.2) is 0 Å². The molecule has 0 aromatic rings. The van der Waals surface area contributed by atoms with Crippen LogP contribution in [0.3, 0.4) is 0 Å². The summed E-state index contributed by atoms with van der Waals surface area (Å²) in [5, 5.41) is 5.58. The van der Waals surface area contributed by atoms with Crippen LogP contribution in [0.1, 0.15) is 41.5 Å². The summed E-state index contributed by atoms with van der Waals surface area (Å²) in [6.07, 6.45) is 0. The highest BCUT2D eigenvalue weighted by molar-refractivity contribution is 8.13. The number of thioether (sulfide) groups is 1. The quantitative estimate of drug-likeness (QED) is 0.708. The number of nitrogens with one attached hydrogen (secondary N) is 2. The molecule has 21 heavy (non-hydrogen) atoms. The predicted molar refractivity (Wildman–Crippen MR) is 88.6 cm³/mol. The van der Waals surface area contributed by atoms with E-state index in [1.165, 1.54) is 11.8 Å². The van der Waals surface area contributed by atoms with Gasteiger partial charge in [-0.3, -0.25) is 9.59 Å². The van der Waals surface area contributed by atoms with Crippen LogP contribution in [0.2, 0.25) is 0 Å². The van der Waals surface area contributed by atoms with Crippen molar-refractivity contribution in [1.82, 2.24) is 10.6 Å². The van der Waals surface area contributed by atoms with Crippen LogP contribution < -0.4 is 10.6 Å². The maximum atomic E-state index is 11.6. The normalized spacial score (nSPS) is 12.1. The minimum absolute atomic E-state index is 0.0120. The van der Waals surface area contributed by atoms with E-state index < -0.39 is 0 Å². The summed E-state index contributed by atoms with van der Waals surface area (Å²) in [7, 11) is 0. The van der Waals surface area contributed by atoms with Crippen molar-refractivity contribution in [3.63, 3.8) is 0 Å². The lowest BCUT2D eigenvalue weighted by Crippen LogP contribution is -2.37. The maximum Gasteiger partial charge on any atom is 0.279 e. The van der Waals surface area contributed by atoms with Crippen molar-refractivity contribution in [2.75, 3.05) is 32.1 Å². The van der Waals surface area contributed by atoms with Crippen LogP contribution in [-0.4, -0.2) is 43.2 Å². The van der Waals surface area contributed by atoms with Gasteiger partial charge in [-0.25, -0.2) is 0 Å². The van der Waals surface area contributed by atoms with E-state index in [2.05, 4.69) is 31.4 Å². The number of hydrogen-bond acceptors (Lipinski definition) is 4. The van der Waals surface area contributed by atoms with Crippen LogP contribution in [0.4, 0.5) is 4.79 Å². The lowest BCUT2D eigenvalue weighted by Gasteiger charge is -2.17. The molecule has 0 aliphatic rings. The van der Waals surface area contributed by atoms with E-state index in [9.17, 15) is 9.59 Å². The Hall–Kier alpha value is -0.750. The third-order valence-corrected chi connectivity index (χ3v) is 3.78. The van der Waals surface area contributed by atoms with E-state index in [0.717, 1.165) is 5.75 Å². The summed E-state index contributed by atoms with van der Waals surface area (Å²) in [4.78, 5) is 23.1. The Bertz CT molecular complexity index is 333. The van der Waals surface area contributed by atoms with E-state index in [-0.39, 0.29) is 22.0 Å². The highest BCUT2D eigenvalue weighted by Crippen LogP contribution is 2.20. The largest absolute Gasteiger partial charge is 0.378 e. The summed E-state index contributed by atoms with van der Waals surface area (Å²) < 4.78 is 5.35. The Morgan fingerprint density at radius 3 is 1.95 bits per heavy atom. The Morgan fingerprint density at radius 1 is 0.952 bits per heavy atom. The summed E-state index contributed by atoms with van der Waals surface area (Å²) >= 11 is 1.30. The molecule has 0 aromatic carbocycles. The molecule has 124 valence electrons. The van der Waals surface area contributed by atoms with E-state index in [1.807, 2.05) is 20.8 Å². The fourth-order valence-corrected chi connectivity index (χ4v) is 1.93. The molecule has 2 N–H and O–H groups in total. The molecule has 0 saturated carbocycles. The highest BCUT2D eigenvalue weighted by Gasteiger charge is 2.20. The van der Waals surface area contributed by atoms with E-state index in [0.29, 0.717) is 26.3 Å². The fraction of sp³-hybridized carbons (Fsp3) is 0.867. The Morgan fingerprint density at radius 2 is 1.48 bits per heavy atom. The molecule has 0 heterocycles. The summed E-state index contributed by atoms with van der Waals surface area (Å²) in [6.45, 7) is 13.8. The molecule has 6 heteroatoms. The number of ether oxygens (including phenoxy) is 1. The lowest BCUT2D eigenvalue weighted by atomic mass is 9.96. The molecular weight excluding hydrogens is 288 g/mol. The molecule has 0 aliphatic carbocycles. The SMILES string of the molecule is CC(C)(C)CSC(=O)NCCOCCNC(=O)C(C)(C)C. The number of carbonyl (C=O) groups excluding carboxylic acids is 2. The van der Waals surface area contributed by atoms with Gasteiger partial charge in [-0.15, -0.1) is 0 Å². The van der Waals surface area contributed by atoms with Crippen molar-refractivity contribution in [2.24, 2.45) is 10.8 Å². The van der Waals surface area contributed by atoms with Gasteiger partial charge in [0.2, 0.25) is 5.91 Å². The number of rotatable bonds is 7. The molecule has 0 aromatic heterocycles. The second-order valence-corrected chi connectivity index (χ2v) is 8.13. The monoisotopic (exact) mass is 318 g/mol. The second kappa shape index (κ2) is 9.30. The van der Waals surface area contributed by atoms with Crippen molar-refractivity contribution in [2.45, 2.75) is 41.5 Å². The summed E-state index contributed by atoms with van der Waals surface area (Å²) in [5.74, 6) is 0.802. The van der Waals surface area contributed by atoms with Gasteiger partial charge in [0, 0.05) is 24.3 Å². The van der Waals surface area contributed by atoms with Gasteiger partial charge >= 0.3 is 0 Å². The maximum absolute atomic E-state index is 11.6. The van der Waals surface area contributed by atoms with Gasteiger partial charge < -0.3 is 15.4 Å². The van der Waals surface area contributed by atoms with Crippen LogP contribution >= 0.6 is 11.8 Å². The van der Waals surface area contributed by atoms with Gasteiger partial charge in [0.25, 0.3) is 5.24 Å². The zero-order valence-corrected chi connectivity index (χ0v) is 15.0. The molecule has 2 amide bonds. The zero-order valence-electron chi connectivity index (χ0n) is 14.2. The first-order chi connectivity index (χ1) is 9.52. The number of hydrogen-bond donors (Lipinski definition) is 2.